The van der Waals surface area contributed by atoms with Crippen molar-refractivity contribution in [2.45, 2.75) is 38.5 Å². The van der Waals surface area contributed by atoms with Gasteiger partial charge < -0.3 is 21.3 Å². The summed E-state index contributed by atoms with van der Waals surface area (Å²) in [6, 6.07) is 7.02. The van der Waals surface area contributed by atoms with Crippen LogP contribution in [0, 0.1) is 5.92 Å². The van der Waals surface area contributed by atoms with Crippen molar-refractivity contribution in [1.82, 2.24) is 5.32 Å². The van der Waals surface area contributed by atoms with Gasteiger partial charge >= 0.3 is 5.97 Å². The molecule has 0 aromatic heterocycles. The lowest BCUT2D eigenvalue weighted by Crippen LogP contribution is -2.53. The fourth-order valence-electron chi connectivity index (χ4n) is 1.86. The second kappa shape index (κ2) is 7.75. The van der Waals surface area contributed by atoms with E-state index in [2.05, 4.69) is 5.32 Å². The number of nitrogens with two attached hydrogens (primary N) is 1. The number of hydrogen-bond acceptors (Lipinski definition) is 4. The lowest BCUT2D eigenvalue weighted by atomic mass is 9.96. The summed E-state index contributed by atoms with van der Waals surface area (Å²) in [5.41, 5.74) is 6.55. The Bertz CT molecular complexity index is 476. The van der Waals surface area contributed by atoms with Crippen LogP contribution in [0.4, 0.5) is 0 Å². The van der Waals surface area contributed by atoms with E-state index in [0.717, 1.165) is 5.56 Å². The van der Waals surface area contributed by atoms with Gasteiger partial charge in [0, 0.05) is 12.3 Å². The first kappa shape index (κ1) is 17.1. The van der Waals surface area contributed by atoms with Crippen molar-refractivity contribution in [2.75, 3.05) is 0 Å². The molecule has 4 atom stereocenters. The fourth-order valence-corrected chi connectivity index (χ4v) is 1.86. The molecule has 0 bridgehead atoms. The number of carboxylic acid groups (broad SMARTS) is 1. The molecule has 1 aromatic rings. The minimum absolute atomic E-state index is 0.178. The summed E-state index contributed by atoms with van der Waals surface area (Å²) in [5.74, 6) is -2.16. The summed E-state index contributed by atoms with van der Waals surface area (Å²) >= 11 is 0. The summed E-state index contributed by atoms with van der Waals surface area (Å²) in [5, 5.41) is 21.1. The Balaban J connectivity index is 2.71. The van der Waals surface area contributed by atoms with E-state index < -0.39 is 36.0 Å². The Kier molecular flexibility index (Phi) is 6.33. The molecule has 5 N–H and O–H groups in total. The van der Waals surface area contributed by atoms with Crippen LogP contribution in [0.1, 0.15) is 19.4 Å². The van der Waals surface area contributed by atoms with E-state index in [1.807, 2.05) is 6.07 Å². The van der Waals surface area contributed by atoms with Crippen molar-refractivity contribution in [2.24, 2.45) is 11.7 Å². The summed E-state index contributed by atoms with van der Waals surface area (Å²) in [6.07, 6.45) is -0.569. The number of rotatable bonds is 7. The molecule has 0 spiro atoms. The molecule has 116 valence electrons. The van der Waals surface area contributed by atoms with Gasteiger partial charge in [-0.25, -0.2) is 4.79 Å². The maximum atomic E-state index is 12.0. The van der Waals surface area contributed by atoms with Gasteiger partial charge in [-0.05, 0) is 12.5 Å². The Morgan fingerprint density at radius 1 is 1.24 bits per heavy atom. The van der Waals surface area contributed by atoms with Gasteiger partial charge in [-0.1, -0.05) is 37.3 Å². The van der Waals surface area contributed by atoms with Gasteiger partial charge in [0.25, 0.3) is 0 Å². The van der Waals surface area contributed by atoms with Crippen LogP contribution in [0.2, 0.25) is 0 Å². The third kappa shape index (κ3) is 5.17. The van der Waals surface area contributed by atoms with Crippen molar-refractivity contribution in [3.05, 3.63) is 35.9 Å². The normalized spacial score (nSPS) is 16.6. The molecule has 6 nitrogen and oxygen atoms in total. The first-order chi connectivity index (χ1) is 9.82. The van der Waals surface area contributed by atoms with Crippen LogP contribution in [0.25, 0.3) is 0 Å². The van der Waals surface area contributed by atoms with Crippen molar-refractivity contribution in [3.63, 3.8) is 0 Å². The van der Waals surface area contributed by atoms with Gasteiger partial charge in [-0.2, -0.15) is 0 Å². The highest BCUT2D eigenvalue weighted by Gasteiger charge is 2.28. The third-order valence-electron chi connectivity index (χ3n) is 3.53. The first-order valence-corrected chi connectivity index (χ1v) is 6.83. The zero-order valence-corrected chi connectivity index (χ0v) is 12.2. The maximum absolute atomic E-state index is 12.0. The summed E-state index contributed by atoms with van der Waals surface area (Å²) in [4.78, 5) is 23.2. The van der Waals surface area contributed by atoms with Gasteiger partial charge in [-0.3, -0.25) is 4.79 Å². The molecule has 21 heavy (non-hydrogen) atoms. The minimum atomic E-state index is -1.12. The number of carbonyl (C=O) groups is 2. The number of aliphatic carboxylic acids is 1. The van der Waals surface area contributed by atoms with E-state index >= 15 is 0 Å². The number of aliphatic hydroxyl groups is 1. The van der Waals surface area contributed by atoms with Gasteiger partial charge in [-0.15, -0.1) is 0 Å². The number of benzene rings is 1. The molecule has 1 amide bonds. The van der Waals surface area contributed by atoms with Gasteiger partial charge in [0.05, 0.1) is 12.1 Å². The molecule has 1 aromatic carbocycles. The predicted octanol–water partition coefficient (Wildman–Crippen LogP) is 0.143. The smallest absolute Gasteiger partial charge is 0.326 e. The monoisotopic (exact) mass is 294 g/mol. The fraction of sp³-hybridized carbons (Fsp3) is 0.467. The van der Waals surface area contributed by atoms with Gasteiger partial charge in [0.1, 0.15) is 6.04 Å². The topological polar surface area (TPSA) is 113 Å². The molecular formula is C15H22N2O4. The maximum Gasteiger partial charge on any atom is 0.326 e. The largest absolute Gasteiger partial charge is 0.480 e. The molecule has 0 unspecified atom stereocenters. The number of hydrogen-bond donors (Lipinski definition) is 4. The molecule has 0 fully saturated rings. The van der Waals surface area contributed by atoms with E-state index in [1.54, 1.807) is 31.2 Å². The average molecular weight is 294 g/mol. The van der Waals surface area contributed by atoms with Crippen molar-refractivity contribution in [3.8, 4) is 0 Å². The molecule has 0 aliphatic carbocycles. The highest BCUT2D eigenvalue weighted by Crippen LogP contribution is 2.08. The standard InChI is InChI=1S/C15H22N2O4/c1-9(10(2)18)13(16)14(19)17-12(15(20)21)8-11-6-4-3-5-7-11/h3-7,9-10,12-13,18H,8,16H2,1-2H3,(H,17,19)(H,20,21)/t9-,10-,12-,13-/m0/s1. The Morgan fingerprint density at radius 3 is 2.29 bits per heavy atom. The summed E-state index contributed by atoms with van der Waals surface area (Å²) < 4.78 is 0. The molecule has 0 saturated carbocycles. The second-order valence-corrected chi connectivity index (χ2v) is 5.21. The zero-order valence-electron chi connectivity index (χ0n) is 12.2. The lowest BCUT2D eigenvalue weighted by molar-refractivity contribution is -0.142. The van der Waals surface area contributed by atoms with Crippen molar-refractivity contribution < 1.29 is 19.8 Å². The van der Waals surface area contributed by atoms with E-state index in [9.17, 15) is 19.8 Å². The molecule has 0 aliphatic rings. The highest BCUT2D eigenvalue weighted by molar-refractivity contribution is 5.87. The zero-order chi connectivity index (χ0) is 16.0. The van der Waals surface area contributed by atoms with Gasteiger partial charge in [0.15, 0.2) is 0 Å². The number of amides is 1. The highest BCUT2D eigenvalue weighted by atomic mass is 16.4. The van der Waals surface area contributed by atoms with Crippen LogP contribution in [-0.4, -0.2) is 40.3 Å². The van der Waals surface area contributed by atoms with Crippen LogP contribution in [0.5, 0.6) is 0 Å². The molecule has 6 heteroatoms. The summed E-state index contributed by atoms with van der Waals surface area (Å²) in [6.45, 7) is 3.18. The molecule has 0 heterocycles. The summed E-state index contributed by atoms with van der Waals surface area (Å²) in [7, 11) is 0. The molecule has 0 radical (unpaired) electrons. The third-order valence-corrected chi connectivity index (χ3v) is 3.53. The Hall–Kier alpha value is -1.92. The van der Waals surface area contributed by atoms with E-state index in [1.165, 1.54) is 6.92 Å². The first-order valence-electron chi connectivity index (χ1n) is 6.83. The SMILES string of the molecule is C[C@@H]([C@H](C)O)[C@H](N)C(=O)N[C@@H](Cc1ccccc1)C(=O)O. The minimum Gasteiger partial charge on any atom is -0.480 e. The number of carbonyl (C=O) groups excluding carboxylic acids is 1. The van der Waals surface area contributed by atoms with Crippen molar-refractivity contribution >= 4 is 11.9 Å². The van der Waals surface area contributed by atoms with Crippen molar-refractivity contribution in [1.29, 1.82) is 0 Å². The average Bonchev–Trinajstić information content (AvgIpc) is 2.45. The van der Waals surface area contributed by atoms with Crippen LogP contribution < -0.4 is 11.1 Å². The van der Waals surface area contributed by atoms with Crippen LogP contribution in [-0.2, 0) is 16.0 Å². The van der Waals surface area contributed by atoms with Crippen LogP contribution in [0.15, 0.2) is 30.3 Å². The van der Waals surface area contributed by atoms with Gasteiger partial charge in [0.2, 0.25) is 5.91 Å². The molecular weight excluding hydrogens is 272 g/mol. The molecule has 0 aliphatic heterocycles. The molecule has 0 saturated heterocycles. The number of carboxylic acids is 1. The van der Waals surface area contributed by atoms with E-state index in [0.29, 0.717) is 0 Å². The van der Waals surface area contributed by atoms with Crippen LogP contribution in [0.3, 0.4) is 0 Å². The van der Waals surface area contributed by atoms with Crippen LogP contribution >= 0.6 is 0 Å². The number of nitrogens with one attached hydrogen (secondary N) is 1. The lowest BCUT2D eigenvalue weighted by Gasteiger charge is -2.23. The Labute approximate surface area is 124 Å². The van der Waals surface area contributed by atoms with E-state index in [4.69, 9.17) is 5.73 Å². The molecule has 1 rings (SSSR count). The number of aliphatic hydroxyl groups excluding tert-OH is 1. The second-order valence-electron chi connectivity index (χ2n) is 5.21. The quantitative estimate of drug-likeness (QED) is 0.571. The Morgan fingerprint density at radius 2 is 1.81 bits per heavy atom. The predicted molar refractivity (Wildman–Crippen MR) is 78.5 cm³/mol. The van der Waals surface area contributed by atoms with E-state index in [-0.39, 0.29) is 6.42 Å².